The smallest absolute Gasteiger partial charge is 0.0629 e. The van der Waals surface area contributed by atoms with E-state index >= 15 is 0 Å². The molecule has 0 heterocycles. The lowest BCUT2D eigenvalue weighted by molar-refractivity contribution is -0.0134. The Morgan fingerprint density at radius 1 is 1.22 bits per heavy atom. The predicted molar refractivity (Wildman–Crippen MR) is 78.7 cm³/mol. The van der Waals surface area contributed by atoms with Crippen LogP contribution in [0.1, 0.15) is 26.3 Å². The Bertz CT molecular complexity index is 388. The molecule has 0 saturated heterocycles. The van der Waals surface area contributed by atoms with Gasteiger partial charge >= 0.3 is 0 Å². The summed E-state index contributed by atoms with van der Waals surface area (Å²) in [4.78, 5) is 0. The van der Waals surface area contributed by atoms with Gasteiger partial charge < -0.3 is 10.1 Å². The van der Waals surface area contributed by atoms with Crippen LogP contribution in [0.25, 0.3) is 0 Å². The first kappa shape index (κ1) is 15.8. The van der Waals surface area contributed by atoms with Gasteiger partial charge in [-0.3, -0.25) is 0 Å². The summed E-state index contributed by atoms with van der Waals surface area (Å²) >= 11 is 11.9. The van der Waals surface area contributed by atoms with Crippen LogP contribution in [0.2, 0.25) is 10.0 Å². The lowest BCUT2D eigenvalue weighted by Gasteiger charge is -2.24. The van der Waals surface area contributed by atoms with Crippen molar-refractivity contribution in [3.05, 3.63) is 33.8 Å². The Morgan fingerprint density at radius 3 is 2.39 bits per heavy atom. The number of halogens is 2. The van der Waals surface area contributed by atoms with Crippen LogP contribution < -0.4 is 5.32 Å². The summed E-state index contributed by atoms with van der Waals surface area (Å²) in [6, 6.07) is 6.00. The van der Waals surface area contributed by atoms with E-state index in [4.69, 9.17) is 27.9 Å². The van der Waals surface area contributed by atoms with Gasteiger partial charge in [-0.1, -0.05) is 29.3 Å². The van der Waals surface area contributed by atoms with Crippen LogP contribution in [0, 0.1) is 0 Å². The number of nitrogens with one attached hydrogen (secondary N) is 1. The second-order valence-corrected chi connectivity index (χ2v) is 6.18. The largest absolute Gasteiger partial charge is 0.374 e. The summed E-state index contributed by atoms with van der Waals surface area (Å²) < 4.78 is 5.79. The first-order valence-corrected chi connectivity index (χ1v) is 6.82. The minimum Gasteiger partial charge on any atom is -0.374 e. The van der Waals surface area contributed by atoms with Crippen molar-refractivity contribution in [2.24, 2.45) is 0 Å². The van der Waals surface area contributed by atoms with E-state index in [1.807, 2.05) is 25.2 Å². The van der Waals surface area contributed by atoms with E-state index in [1.54, 1.807) is 0 Å². The van der Waals surface area contributed by atoms with Crippen molar-refractivity contribution in [1.29, 1.82) is 0 Å². The SMILES string of the molecule is CNC(COC(C)(C)C)Cc1ccc(Cl)c(Cl)c1. The zero-order chi connectivity index (χ0) is 13.8. The van der Waals surface area contributed by atoms with E-state index in [0.717, 1.165) is 12.0 Å². The molecule has 1 aromatic rings. The number of rotatable bonds is 5. The van der Waals surface area contributed by atoms with Crippen molar-refractivity contribution in [1.82, 2.24) is 5.32 Å². The lowest BCUT2D eigenvalue weighted by atomic mass is 10.1. The summed E-state index contributed by atoms with van der Waals surface area (Å²) in [5.74, 6) is 0. The Labute approximate surface area is 120 Å². The molecule has 0 aliphatic carbocycles. The zero-order valence-electron chi connectivity index (χ0n) is 11.4. The second kappa shape index (κ2) is 6.76. The molecule has 0 bridgehead atoms. The fraction of sp³-hybridized carbons (Fsp3) is 0.571. The van der Waals surface area contributed by atoms with Crippen molar-refractivity contribution in [2.75, 3.05) is 13.7 Å². The molecule has 0 aromatic heterocycles. The molecule has 0 radical (unpaired) electrons. The molecule has 1 atom stereocenters. The molecule has 0 fully saturated rings. The highest BCUT2D eigenvalue weighted by atomic mass is 35.5. The summed E-state index contributed by atoms with van der Waals surface area (Å²) in [5.41, 5.74) is 1.04. The molecule has 0 aliphatic rings. The molecule has 0 amide bonds. The molecule has 0 spiro atoms. The Kier molecular flexibility index (Phi) is 5.93. The van der Waals surface area contributed by atoms with Gasteiger partial charge in [-0.25, -0.2) is 0 Å². The number of hydrogen-bond donors (Lipinski definition) is 1. The number of likely N-dealkylation sites (N-methyl/N-ethyl adjacent to an activating group) is 1. The quantitative estimate of drug-likeness (QED) is 0.887. The first-order valence-electron chi connectivity index (χ1n) is 6.07. The summed E-state index contributed by atoms with van der Waals surface area (Å²) in [6.45, 7) is 6.83. The highest BCUT2D eigenvalue weighted by Crippen LogP contribution is 2.23. The molecule has 0 saturated carbocycles. The fourth-order valence-corrected chi connectivity index (χ4v) is 1.87. The van der Waals surface area contributed by atoms with Gasteiger partial charge in [-0.15, -0.1) is 0 Å². The highest BCUT2D eigenvalue weighted by molar-refractivity contribution is 6.42. The maximum Gasteiger partial charge on any atom is 0.0629 e. The first-order chi connectivity index (χ1) is 8.31. The molecule has 102 valence electrons. The molecule has 0 aliphatic heterocycles. The van der Waals surface area contributed by atoms with Crippen molar-refractivity contribution >= 4 is 23.2 Å². The van der Waals surface area contributed by atoms with Gasteiger partial charge in [0.15, 0.2) is 0 Å². The molecule has 2 nitrogen and oxygen atoms in total. The van der Waals surface area contributed by atoms with Gasteiger partial charge in [0.1, 0.15) is 0 Å². The molecule has 1 aromatic carbocycles. The monoisotopic (exact) mass is 289 g/mol. The van der Waals surface area contributed by atoms with Gasteiger partial charge in [0.05, 0.1) is 22.3 Å². The van der Waals surface area contributed by atoms with Crippen LogP contribution in [0.3, 0.4) is 0 Å². The van der Waals surface area contributed by atoms with Crippen LogP contribution in [0.5, 0.6) is 0 Å². The number of benzene rings is 1. The average molecular weight is 290 g/mol. The van der Waals surface area contributed by atoms with E-state index in [1.165, 1.54) is 0 Å². The molecular formula is C14H21Cl2NO. The van der Waals surface area contributed by atoms with Crippen molar-refractivity contribution in [3.63, 3.8) is 0 Å². The highest BCUT2D eigenvalue weighted by Gasteiger charge is 2.15. The van der Waals surface area contributed by atoms with E-state index in [9.17, 15) is 0 Å². The minimum absolute atomic E-state index is 0.118. The van der Waals surface area contributed by atoms with Crippen molar-refractivity contribution < 1.29 is 4.74 Å². The third-order valence-electron chi connectivity index (χ3n) is 2.59. The third kappa shape index (κ3) is 5.57. The van der Waals surface area contributed by atoms with E-state index in [2.05, 4.69) is 26.1 Å². The number of ether oxygens (including phenoxy) is 1. The van der Waals surface area contributed by atoms with E-state index in [0.29, 0.717) is 16.7 Å². The van der Waals surface area contributed by atoms with Gasteiger partial charge in [0, 0.05) is 6.04 Å². The molecule has 1 unspecified atom stereocenters. The summed E-state index contributed by atoms with van der Waals surface area (Å²) in [7, 11) is 1.94. The van der Waals surface area contributed by atoms with Crippen LogP contribution in [-0.2, 0) is 11.2 Å². The molecule has 4 heteroatoms. The normalized spacial score (nSPS) is 13.7. The summed E-state index contributed by atoms with van der Waals surface area (Å²) in [5, 5.41) is 4.44. The Hall–Kier alpha value is -0.280. The van der Waals surface area contributed by atoms with Crippen molar-refractivity contribution in [3.8, 4) is 0 Å². The molecule has 1 rings (SSSR count). The number of hydrogen-bond acceptors (Lipinski definition) is 2. The van der Waals surface area contributed by atoms with Gasteiger partial charge in [0.25, 0.3) is 0 Å². The third-order valence-corrected chi connectivity index (χ3v) is 3.33. The molecular weight excluding hydrogens is 269 g/mol. The molecule has 18 heavy (non-hydrogen) atoms. The van der Waals surface area contributed by atoms with Crippen LogP contribution >= 0.6 is 23.2 Å². The van der Waals surface area contributed by atoms with E-state index < -0.39 is 0 Å². The van der Waals surface area contributed by atoms with Gasteiger partial charge in [0.2, 0.25) is 0 Å². The maximum atomic E-state index is 6.01. The Morgan fingerprint density at radius 2 is 1.89 bits per heavy atom. The topological polar surface area (TPSA) is 21.3 Å². The van der Waals surface area contributed by atoms with E-state index in [-0.39, 0.29) is 11.6 Å². The summed E-state index contributed by atoms with van der Waals surface area (Å²) in [6.07, 6.45) is 0.865. The van der Waals surface area contributed by atoms with Gasteiger partial charge in [-0.05, 0) is 51.9 Å². The van der Waals surface area contributed by atoms with Gasteiger partial charge in [-0.2, -0.15) is 0 Å². The maximum absolute atomic E-state index is 6.01. The molecule has 1 N–H and O–H groups in total. The second-order valence-electron chi connectivity index (χ2n) is 5.36. The lowest BCUT2D eigenvalue weighted by Crippen LogP contribution is -2.36. The predicted octanol–water partition coefficient (Wildman–Crippen LogP) is 3.94. The average Bonchev–Trinajstić information content (AvgIpc) is 2.28. The zero-order valence-corrected chi connectivity index (χ0v) is 12.9. The van der Waals surface area contributed by atoms with Crippen LogP contribution in [0.15, 0.2) is 18.2 Å². The van der Waals surface area contributed by atoms with Crippen LogP contribution in [-0.4, -0.2) is 25.3 Å². The fourth-order valence-electron chi connectivity index (χ4n) is 1.55. The Balaban J connectivity index is 2.59. The minimum atomic E-state index is -0.118. The van der Waals surface area contributed by atoms with Crippen LogP contribution in [0.4, 0.5) is 0 Å². The standard InChI is InChI=1S/C14H21Cl2NO/c1-14(2,3)18-9-11(17-4)7-10-5-6-12(15)13(16)8-10/h5-6,8,11,17H,7,9H2,1-4H3. The van der Waals surface area contributed by atoms with Crippen molar-refractivity contribution in [2.45, 2.75) is 38.8 Å².